The van der Waals surface area contributed by atoms with Crippen molar-refractivity contribution in [1.82, 2.24) is 14.9 Å². The lowest BCUT2D eigenvalue weighted by Gasteiger charge is -2.06. The fourth-order valence-corrected chi connectivity index (χ4v) is 1.21. The number of hydrogen-bond donors (Lipinski definition) is 2. The minimum atomic E-state index is -0.567. The van der Waals surface area contributed by atoms with E-state index in [-0.39, 0.29) is 12.5 Å². The van der Waals surface area contributed by atoms with Gasteiger partial charge in [-0.25, -0.2) is 4.79 Å². The predicted octanol–water partition coefficient (Wildman–Crippen LogP) is -0.629. The van der Waals surface area contributed by atoms with Crippen molar-refractivity contribution in [3.05, 3.63) is 32.6 Å². The van der Waals surface area contributed by atoms with Gasteiger partial charge < -0.3 is 5.32 Å². The molecule has 0 aliphatic heterocycles. The number of aromatic amines is 1. The van der Waals surface area contributed by atoms with Gasteiger partial charge in [-0.2, -0.15) is 0 Å². The molecule has 1 aromatic rings. The zero-order chi connectivity index (χ0) is 12.1. The highest BCUT2D eigenvalue weighted by molar-refractivity contribution is 5.75. The molecule has 1 heterocycles. The van der Waals surface area contributed by atoms with Gasteiger partial charge >= 0.3 is 5.69 Å². The fourth-order valence-electron chi connectivity index (χ4n) is 1.21. The van der Waals surface area contributed by atoms with Crippen LogP contribution in [0.15, 0.2) is 15.8 Å². The first-order valence-corrected chi connectivity index (χ1v) is 5.11. The summed E-state index contributed by atoms with van der Waals surface area (Å²) in [5, 5.41) is 2.65. The summed E-state index contributed by atoms with van der Waals surface area (Å²) in [5.41, 5.74) is -0.583. The molecule has 1 rings (SSSR count). The fraction of sp³-hybridized carbons (Fsp3) is 0.500. The molecule has 88 valence electrons. The second-order valence-electron chi connectivity index (χ2n) is 3.55. The molecule has 0 atom stereocenters. The second-order valence-corrected chi connectivity index (χ2v) is 3.55. The summed E-state index contributed by atoms with van der Waals surface area (Å²) in [6, 6.07) is 0. The highest BCUT2D eigenvalue weighted by Gasteiger charge is 2.05. The number of aromatic nitrogens is 2. The third-order valence-corrected chi connectivity index (χ3v) is 2.08. The summed E-state index contributed by atoms with van der Waals surface area (Å²) in [6.45, 7) is 4.03. The molecule has 2 N–H and O–H groups in total. The van der Waals surface area contributed by atoms with E-state index in [2.05, 4.69) is 10.3 Å². The molecule has 0 aromatic carbocycles. The molecule has 0 saturated carbocycles. The van der Waals surface area contributed by atoms with Crippen LogP contribution in [0.2, 0.25) is 0 Å². The number of rotatable bonds is 4. The zero-order valence-corrected chi connectivity index (χ0v) is 9.37. The van der Waals surface area contributed by atoms with Crippen molar-refractivity contribution < 1.29 is 4.79 Å². The largest absolute Gasteiger partial charge is 0.355 e. The topological polar surface area (TPSA) is 84.0 Å². The number of amides is 1. The van der Waals surface area contributed by atoms with Crippen molar-refractivity contribution in [3.8, 4) is 0 Å². The van der Waals surface area contributed by atoms with Gasteiger partial charge in [-0.1, -0.05) is 6.92 Å². The van der Waals surface area contributed by atoms with Crippen molar-refractivity contribution in [2.24, 2.45) is 0 Å². The SMILES string of the molecule is CCCNC(=O)Cn1cc(C)c(=O)[nH]c1=O. The molecule has 0 aliphatic rings. The van der Waals surface area contributed by atoms with Gasteiger partial charge in [-0.15, -0.1) is 0 Å². The number of H-pyrrole nitrogens is 1. The van der Waals surface area contributed by atoms with Gasteiger partial charge in [0.2, 0.25) is 5.91 Å². The Morgan fingerprint density at radius 1 is 1.50 bits per heavy atom. The Hall–Kier alpha value is -1.85. The highest BCUT2D eigenvalue weighted by atomic mass is 16.2. The third-order valence-electron chi connectivity index (χ3n) is 2.08. The smallest absolute Gasteiger partial charge is 0.328 e. The van der Waals surface area contributed by atoms with Crippen LogP contribution < -0.4 is 16.6 Å². The van der Waals surface area contributed by atoms with E-state index >= 15 is 0 Å². The minimum absolute atomic E-state index is 0.0730. The van der Waals surface area contributed by atoms with Crippen LogP contribution in [0.1, 0.15) is 18.9 Å². The maximum Gasteiger partial charge on any atom is 0.328 e. The quantitative estimate of drug-likeness (QED) is 0.715. The number of hydrogen-bond acceptors (Lipinski definition) is 3. The third kappa shape index (κ3) is 3.08. The van der Waals surface area contributed by atoms with Crippen LogP contribution in [-0.2, 0) is 11.3 Å². The van der Waals surface area contributed by atoms with E-state index in [9.17, 15) is 14.4 Å². The number of nitrogens with one attached hydrogen (secondary N) is 2. The van der Waals surface area contributed by atoms with E-state index in [1.54, 1.807) is 6.92 Å². The number of nitrogens with zero attached hydrogens (tertiary/aromatic N) is 1. The van der Waals surface area contributed by atoms with Crippen LogP contribution in [0.3, 0.4) is 0 Å². The molecule has 0 bridgehead atoms. The predicted molar refractivity (Wildman–Crippen MR) is 59.4 cm³/mol. The van der Waals surface area contributed by atoms with E-state index in [4.69, 9.17) is 0 Å². The van der Waals surface area contributed by atoms with E-state index in [1.165, 1.54) is 10.8 Å². The monoisotopic (exact) mass is 225 g/mol. The molecular weight excluding hydrogens is 210 g/mol. The van der Waals surface area contributed by atoms with E-state index < -0.39 is 11.2 Å². The first-order chi connectivity index (χ1) is 7.54. The molecule has 0 fully saturated rings. The first-order valence-electron chi connectivity index (χ1n) is 5.11. The Morgan fingerprint density at radius 3 is 2.81 bits per heavy atom. The summed E-state index contributed by atoms with van der Waals surface area (Å²) in [4.78, 5) is 35.9. The van der Waals surface area contributed by atoms with Gasteiger partial charge in [0.1, 0.15) is 6.54 Å². The van der Waals surface area contributed by atoms with Gasteiger partial charge in [0.15, 0.2) is 0 Å². The Labute approximate surface area is 92.3 Å². The van der Waals surface area contributed by atoms with Crippen LogP contribution in [0.5, 0.6) is 0 Å². The van der Waals surface area contributed by atoms with Gasteiger partial charge in [0.05, 0.1) is 0 Å². The number of aryl methyl sites for hydroxylation is 1. The molecule has 6 nitrogen and oxygen atoms in total. The molecule has 6 heteroatoms. The number of carbonyl (C=O) groups excluding carboxylic acids is 1. The Morgan fingerprint density at radius 2 is 2.19 bits per heavy atom. The van der Waals surface area contributed by atoms with Crippen LogP contribution in [-0.4, -0.2) is 22.0 Å². The Balaban J connectivity index is 2.82. The summed E-state index contributed by atoms with van der Waals surface area (Å²) >= 11 is 0. The van der Waals surface area contributed by atoms with E-state index in [1.807, 2.05) is 6.92 Å². The van der Waals surface area contributed by atoms with Crippen LogP contribution in [0.25, 0.3) is 0 Å². The first kappa shape index (κ1) is 12.2. The Bertz CT molecular complexity index is 487. The molecule has 0 unspecified atom stereocenters. The summed E-state index contributed by atoms with van der Waals surface area (Å²) < 4.78 is 1.18. The van der Waals surface area contributed by atoms with E-state index in [0.29, 0.717) is 12.1 Å². The zero-order valence-electron chi connectivity index (χ0n) is 9.37. The van der Waals surface area contributed by atoms with Crippen molar-refractivity contribution in [3.63, 3.8) is 0 Å². The maximum absolute atomic E-state index is 11.4. The average Bonchev–Trinajstić information content (AvgIpc) is 2.23. The molecular formula is C10H15N3O3. The Kier molecular flexibility index (Phi) is 4.04. The van der Waals surface area contributed by atoms with Crippen molar-refractivity contribution in [2.45, 2.75) is 26.8 Å². The molecule has 0 radical (unpaired) electrons. The second kappa shape index (κ2) is 5.29. The highest BCUT2D eigenvalue weighted by Crippen LogP contribution is 1.84. The summed E-state index contributed by atoms with van der Waals surface area (Å²) in [6.07, 6.45) is 2.22. The van der Waals surface area contributed by atoms with Crippen molar-refractivity contribution in [2.75, 3.05) is 6.54 Å². The number of carbonyl (C=O) groups is 1. The molecule has 1 aromatic heterocycles. The summed E-state index contributed by atoms with van der Waals surface area (Å²) in [5.74, 6) is -0.240. The van der Waals surface area contributed by atoms with Crippen molar-refractivity contribution >= 4 is 5.91 Å². The van der Waals surface area contributed by atoms with Gasteiger partial charge in [0.25, 0.3) is 5.56 Å². The standard InChI is InChI=1S/C10H15N3O3/c1-3-4-11-8(14)6-13-5-7(2)9(15)12-10(13)16/h5H,3-4,6H2,1-2H3,(H,11,14)(H,12,15,16). The maximum atomic E-state index is 11.4. The lowest BCUT2D eigenvalue weighted by molar-refractivity contribution is -0.121. The average molecular weight is 225 g/mol. The molecule has 1 amide bonds. The molecule has 0 saturated heterocycles. The lowest BCUT2D eigenvalue weighted by atomic mass is 10.4. The molecule has 0 aliphatic carbocycles. The van der Waals surface area contributed by atoms with Crippen molar-refractivity contribution in [1.29, 1.82) is 0 Å². The van der Waals surface area contributed by atoms with Gasteiger partial charge in [-0.3, -0.25) is 19.1 Å². The van der Waals surface area contributed by atoms with E-state index in [0.717, 1.165) is 6.42 Å². The minimum Gasteiger partial charge on any atom is -0.355 e. The van der Waals surface area contributed by atoms with Crippen LogP contribution in [0, 0.1) is 6.92 Å². The summed E-state index contributed by atoms with van der Waals surface area (Å²) in [7, 11) is 0. The van der Waals surface area contributed by atoms with Gasteiger partial charge in [0, 0.05) is 18.3 Å². The normalized spacial score (nSPS) is 10.1. The van der Waals surface area contributed by atoms with Crippen LogP contribution >= 0.6 is 0 Å². The van der Waals surface area contributed by atoms with Crippen LogP contribution in [0.4, 0.5) is 0 Å². The van der Waals surface area contributed by atoms with Gasteiger partial charge in [-0.05, 0) is 13.3 Å². The lowest BCUT2D eigenvalue weighted by Crippen LogP contribution is -2.36. The molecule has 16 heavy (non-hydrogen) atoms. The molecule has 0 spiro atoms.